The normalized spacial score (nSPS) is 15.0. The second kappa shape index (κ2) is 8.00. The fourth-order valence-electron chi connectivity index (χ4n) is 3.73. The van der Waals surface area contributed by atoms with Gasteiger partial charge in [0.2, 0.25) is 0 Å². The molecule has 1 aliphatic heterocycles. The van der Waals surface area contributed by atoms with Crippen LogP contribution >= 0.6 is 0 Å². The zero-order valence-corrected chi connectivity index (χ0v) is 15.7. The van der Waals surface area contributed by atoms with Gasteiger partial charge in [-0.1, -0.05) is 36.4 Å². The maximum Gasteiger partial charge on any atom is 0.336 e. The van der Waals surface area contributed by atoms with Gasteiger partial charge in [-0.3, -0.25) is 4.90 Å². The largest absolute Gasteiger partial charge is 0.507 e. The van der Waals surface area contributed by atoms with E-state index in [4.69, 9.17) is 9.15 Å². The topological polar surface area (TPSA) is 62.9 Å². The molecule has 5 nitrogen and oxygen atoms in total. The molecule has 0 saturated carbocycles. The van der Waals surface area contributed by atoms with Crippen LogP contribution in [0.25, 0.3) is 22.1 Å². The molecule has 1 fully saturated rings. The van der Waals surface area contributed by atoms with Crippen LogP contribution in [0.15, 0.2) is 64.3 Å². The lowest BCUT2D eigenvalue weighted by Crippen LogP contribution is -2.35. The van der Waals surface area contributed by atoms with Crippen LogP contribution in [-0.2, 0) is 17.7 Å². The molecule has 28 heavy (non-hydrogen) atoms. The summed E-state index contributed by atoms with van der Waals surface area (Å²) in [6.07, 6.45) is 2.13. The molecule has 2 aromatic carbocycles. The van der Waals surface area contributed by atoms with Crippen molar-refractivity contribution in [3.8, 4) is 16.9 Å². The molecule has 4 rings (SSSR count). The average Bonchev–Trinajstić information content (AvgIpc) is 2.72. The van der Waals surface area contributed by atoms with E-state index in [1.807, 2.05) is 36.4 Å². The molecule has 0 amide bonds. The highest BCUT2D eigenvalue weighted by Crippen LogP contribution is 2.37. The predicted octanol–water partition coefficient (Wildman–Crippen LogP) is 3.73. The molecule has 3 aromatic rings. The van der Waals surface area contributed by atoms with Crippen molar-refractivity contribution in [1.82, 2.24) is 4.90 Å². The van der Waals surface area contributed by atoms with E-state index in [2.05, 4.69) is 11.5 Å². The van der Waals surface area contributed by atoms with E-state index >= 15 is 0 Å². The van der Waals surface area contributed by atoms with E-state index in [1.165, 1.54) is 6.07 Å². The minimum atomic E-state index is -0.433. The van der Waals surface area contributed by atoms with Crippen molar-refractivity contribution in [3.63, 3.8) is 0 Å². The third kappa shape index (κ3) is 3.59. The van der Waals surface area contributed by atoms with Gasteiger partial charge in [0.05, 0.1) is 13.2 Å². The summed E-state index contributed by atoms with van der Waals surface area (Å²) in [5, 5.41) is 11.8. The summed E-state index contributed by atoms with van der Waals surface area (Å²) in [5.41, 5.74) is 3.16. The van der Waals surface area contributed by atoms with Crippen LogP contribution in [0, 0.1) is 0 Å². The van der Waals surface area contributed by atoms with Gasteiger partial charge in [-0.25, -0.2) is 4.79 Å². The Hall–Kier alpha value is -2.89. The molecule has 1 N–H and O–H groups in total. The fourth-order valence-corrected chi connectivity index (χ4v) is 3.73. The molecule has 1 saturated heterocycles. The summed E-state index contributed by atoms with van der Waals surface area (Å²) >= 11 is 0. The van der Waals surface area contributed by atoms with Crippen LogP contribution in [0.4, 0.5) is 0 Å². The predicted molar refractivity (Wildman–Crippen MR) is 110 cm³/mol. The summed E-state index contributed by atoms with van der Waals surface area (Å²) in [5.74, 6) is 0.173. The smallest absolute Gasteiger partial charge is 0.336 e. The van der Waals surface area contributed by atoms with Gasteiger partial charge in [0.25, 0.3) is 0 Å². The maximum absolute atomic E-state index is 12.3. The Morgan fingerprint density at radius 1 is 1.14 bits per heavy atom. The van der Waals surface area contributed by atoms with Crippen LogP contribution < -0.4 is 5.63 Å². The number of benzene rings is 2. The Labute approximate surface area is 163 Å². The number of fused-ring (bicyclic) bond motifs is 1. The number of hydrogen-bond donors (Lipinski definition) is 1. The second-order valence-electron chi connectivity index (χ2n) is 6.97. The monoisotopic (exact) mass is 377 g/mol. The van der Waals surface area contributed by atoms with E-state index in [0.29, 0.717) is 37.3 Å². The number of rotatable bonds is 5. The third-order valence-electron chi connectivity index (χ3n) is 5.11. The first-order chi connectivity index (χ1) is 13.7. The zero-order valence-electron chi connectivity index (χ0n) is 15.7. The molecule has 0 unspecified atom stereocenters. The Balaban J connectivity index is 1.93. The van der Waals surface area contributed by atoms with Gasteiger partial charge in [-0.05, 0) is 23.6 Å². The number of phenols is 1. The van der Waals surface area contributed by atoms with Crippen molar-refractivity contribution in [2.45, 2.75) is 13.0 Å². The van der Waals surface area contributed by atoms with Crippen LogP contribution in [0.1, 0.15) is 11.1 Å². The number of nitrogens with zero attached hydrogens (tertiary/aromatic N) is 1. The lowest BCUT2D eigenvalue weighted by molar-refractivity contribution is 0.0339. The summed E-state index contributed by atoms with van der Waals surface area (Å²) in [6.45, 7) is 7.44. The Bertz CT molecular complexity index is 1050. The lowest BCUT2D eigenvalue weighted by Gasteiger charge is -2.27. The average molecular weight is 377 g/mol. The lowest BCUT2D eigenvalue weighted by atomic mass is 9.95. The fraction of sp³-hybridized carbons (Fsp3) is 0.261. The first-order valence-corrected chi connectivity index (χ1v) is 9.45. The van der Waals surface area contributed by atoms with Crippen LogP contribution in [0.3, 0.4) is 0 Å². The van der Waals surface area contributed by atoms with Gasteiger partial charge in [0.15, 0.2) is 0 Å². The minimum Gasteiger partial charge on any atom is -0.507 e. The minimum absolute atomic E-state index is 0.173. The molecule has 0 radical (unpaired) electrons. The molecule has 0 bridgehead atoms. The van der Waals surface area contributed by atoms with Crippen molar-refractivity contribution in [2.24, 2.45) is 0 Å². The second-order valence-corrected chi connectivity index (χ2v) is 6.97. The van der Waals surface area contributed by atoms with E-state index in [9.17, 15) is 9.90 Å². The van der Waals surface area contributed by atoms with E-state index in [1.54, 1.807) is 6.08 Å². The summed E-state index contributed by atoms with van der Waals surface area (Å²) in [6, 6.07) is 13.2. The Morgan fingerprint density at radius 3 is 2.61 bits per heavy atom. The van der Waals surface area contributed by atoms with E-state index < -0.39 is 5.63 Å². The highest BCUT2D eigenvalue weighted by atomic mass is 16.5. The van der Waals surface area contributed by atoms with Crippen molar-refractivity contribution >= 4 is 11.0 Å². The number of hydrogen-bond acceptors (Lipinski definition) is 5. The molecule has 0 aliphatic carbocycles. The SMILES string of the molecule is C=CCc1c(O)c(CN2CCOCC2)cc2c(-c3ccccc3)cc(=O)oc12. The van der Waals surface area contributed by atoms with Crippen LogP contribution in [0.5, 0.6) is 5.75 Å². The van der Waals surface area contributed by atoms with Gasteiger partial charge < -0.3 is 14.3 Å². The van der Waals surface area contributed by atoms with E-state index in [0.717, 1.165) is 35.2 Å². The third-order valence-corrected chi connectivity index (χ3v) is 5.11. The number of morpholine rings is 1. The number of allylic oxidation sites excluding steroid dienone is 1. The first-order valence-electron chi connectivity index (χ1n) is 9.45. The molecule has 1 aromatic heterocycles. The molecular formula is C23H23NO4. The molecule has 0 atom stereocenters. The molecule has 1 aliphatic rings. The standard InChI is InChI=1S/C23H23NO4/c1-2-6-18-22(26)17(15-24-9-11-27-12-10-24)13-20-19(14-21(25)28-23(18)20)16-7-4-3-5-8-16/h2-5,7-8,13-14,26H,1,6,9-12,15H2. The van der Waals surface area contributed by atoms with Gasteiger partial charge in [0.1, 0.15) is 11.3 Å². The number of ether oxygens (including phenoxy) is 1. The van der Waals surface area contributed by atoms with Gasteiger partial charge >= 0.3 is 5.63 Å². The van der Waals surface area contributed by atoms with Gasteiger partial charge in [0, 0.05) is 42.2 Å². The first kappa shape index (κ1) is 18.5. The number of phenolic OH excluding ortho intramolecular Hbond substituents is 1. The summed E-state index contributed by atoms with van der Waals surface area (Å²) in [7, 11) is 0. The quantitative estimate of drug-likeness (QED) is 0.542. The maximum atomic E-state index is 12.3. The molecule has 0 spiro atoms. The highest BCUT2D eigenvalue weighted by Gasteiger charge is 2.20. The van der Waals surface area contributed by atoms with Crippen molar-refractivity contribution < 1.29 is 14.3 Å². The van der Waals surface area contributed by atoms with Gasteiger partial charge in [-0.2, -0.15) is 0 Å². The molecule has 2 heterocycles. The Kier molecular flexibility index (Phi) is 5.28. The molecule has 5 heteroatoms. The molecule has 144 valence electrons. The van der Waals surface area contributed by atoms with Crippen molar-refractivity contribution in [2.75, 3.05) is 26.3 Å². The molecular weight excluding hydrogens is 354 g/mol. The van der Waals surface area contributed by atoms with Crippen LogP contribution in [-0.4, -0.2) is 36.3 Å². The highest BCUT2D eigenvalue weighted by molar-refractivity contribution is 5.96. The summed E-state index contributed by atoms with van der Waals surface area (Å²) in [4.78, 5) is 14.5. The van der Waals surface area contributed by atoms with Crippen molar-refractivity contribution in [1.29, 1.82) is 0 Å². The number of aromatic hydroxyl groups is 1. The Morgan fingerprint density at radius 2 is 1.89 bits per heavy atom. The summed E-state index contributed by atoms with van der Waals surface area (Å²) < 4.78 is 11.0. The van der Waals surface area contributed by atoms with Crippen LogP contribution in [0.2, 0.25) is 0 Å². The van der Waals surface area contributed by atoms with Crippen molar-refractivity contribution in [3.05, 3.63) is 76.7 Å². The zero-order chi connectivity index (χ0) is 19.5. The van der Waals surface area contributed by atoms with E-state index in [-0.39, 0.29) is 5.75 Å². The van der Waals surface area contributed by atoms with Gasteiger partial charge in [-0.15, -0.1) is 6.58 Å².